The first kappa shape index (κ1) is 97.4. The monoisotopic (exact) mass is 1550 g/mol. The van der Waals surface area contributed by atoms with Crippen molar-refractivity contribution in [1.82, 2.24) is 80.1 Å². The van der Waals surface area contributed by atoms with Crippen molar-refractivity contribution in [3.8, 4) is 0 Å². The van der Waals surface area contributed by atoms with Crippen LogP contribution in [0.3, 0.4) is 0 Å². The molecule has 17 amide bonds. The van der Waals surface area contributed by atoms with E-state index in [1.54, 1.807) is 84.8 Å². The second-order valence-electron chi connectivity index (χ2n) is 28.7. The number of hydrogen-bond acceptors (Lipinski definition) is 20. The molecular formula is C73H119N17O20. The Labute approximate surface area is 645 Å². The van der Waals surface area contributed by atoms with E-state index < -0.39 is 166 Å². The molecule has 0 radical (unpaired) electrons. The van der Waals surface area contributed by atoms with E-state index in [4.69, 9.17) is 10.5 Å². The van der Waals surface area contributed by atoms with E-state index in [0.29, 0.717) is 17.7 Å². The number of amides is 17. The van der Waals surface area contributed by atoms with Gasteiger partial charge >= 0.3 is 12.1 Å². The van der Waals surface area contributed by atoms with Crippen molar-refractivity contribution >= 4 is 112 Å². The van der Waals surface area contributed by atoms with Gasteiger partial charge in [-0.15, -0.1) is 0 Å². The number of carbonyl (C=O) groups is 19. The molecule has 616 valence electrons. The number of likely N-dealkylation sites (N-methyl/N-ethyl adjacent to an activating group) is 12. The first-order valence-electron chi connectivity index (χ1n) is 36.3. The molecule has 0 unspecified atom stereocenters. The number of nitrogens with one attached hydrogen (secondary N) is 4. The topological polar surface area (TPSA) is 447 Å². The Morgan fingerprint density at radius 2 is 0.782 bits per heavy atom. The lowest BCUT2D eigenvalue weighted by molar-refractivity contribution is -0.146. The van der Waals surface area contributed by atoms with Crippen LogP contribution in [-0.4, -0.2) is 359 Å². The Balaban J connectivity index is 2.61. The Morgan fingerprint density at radius 1 is 0.400 bits per heavy atom. The summed E-state index contributed by atoms with van der Waals surface area (Å²) in [6, 6.07) is 4.30. The summed E-state index contributed by atoms with van der Waals surface area (Å²) < 4.78 is 5.44. The Bertz CT molecular complexity index is 3410. The summed E-state index contributed by atoms with van der Waals surface area (Å²) in [5, 5.41) is 10.4. The van der Waals surface area contributed by atoms with Crippen molar-refractivity contribution in [3.05, 3.63) is 35.4 Å². The van der Waals surface area contributed by atoms with Gasteiger partial charge in [-0.25, -0.2) is 9.59 Å². The summed E-state index contributed by atoms with van der Waals surface area (Å²) in [7, 11) is 16.4. The molecule has 0 heterocycles. The van der Waals surface area contributed by atoms with Crippen molar-refractivity contribution in [1.29, 1.82) is 0 Å². The predicted octanol–water partition coefficient (Wildman–Crippen LogP) is -2.36. The van der Waals surface area contributed by atoms with Crippen LogP contribution in [0.25, 0.3) is 0 Å². The van der Waals surface area contributed by atoms with Crippen LogP contribution in [0, 0.1) is 23.7 Å². The molecule has 110 heavy (non-hydrogen) atoms. The lowest BCUT2D eigenvalue weighted by Gasteiger charge is -2.27. The van der Waals surface area contributed by atoms with Crippen LogP contribution in [0.1, 0.15) is 105 Å². The highest BCUT2D eigenvalue weighted by atomic mass is 16.6. The van der Waals surface area contributed by atoms with E-state index >= 15 is 0 Å². The first-order chi connectivity index (χ1) is 51.2. The van der Waals surface area contributed by atoms with Gasteiger partial charge in [0.15, 0.2) is 11.6 Å². The number of primary amides is 1. The summed E-state index contributed by atoms with van der Waals surface area (Å²) in [6.07, 6.45) is -0.621. The average molecular weight is 1550 g/mol. The van der Waals surface area contributed by atoms with Crippen LogP contribution >= 0.6 is 0 Å². The van der Waals surface area contributed by atoms with Gasteiger partial charge in [-0.3, -0.25) is 81.5 Å². The summed E-state index contributed by atoms with van der Waals surface area (Å²) in [4.78, 5) is 258. The second kappa shape index (κ2) is 48.7. The molecule has 0 aliphatic heterocycles. The number of ketones is 3. The standard InChI is InChI=1S/C73H119N17O20/c1-47(2)54(70(106)78-55(23-21-30-76-72(74)108)56(92)34-51-25-27-52(28-26-51)46-110-73(109)80(9)33-32-79(8)71(107)49(5)6)35-53(91)22-20-24-57(93)75-31-29-59(95)82(11)37-61(97)84(13)39-63(99)86(15)41-65(101)88(17)43-67(103)90(19)45-68(104)89(18)44-66(102)87(16)42-64(100)85(14)40-62(98)83(12)38-60(96)81(10)36-58(94)77-50(7)69(105)48(3)4/h25-28,47-50,54-55H,20-24,29-46H2,1-19H3,(H,75,93)(H,77,94)(H,78,106)(H3,74,76,108)/t50-,54-,55-/m0/s1. The minimum Gasteiger partial charge on any atom is -0.445 e. The van der Waals surface area contributed by atoms with E-state index in [-0.39, 0.29) is 125 Å². The molecule has 0 aliphatic carbocycles. The number of ether oxygens (including phenoxy) is 1. The van der Waals surface area contributed by atoms with Crippen molar-refractivity contribution in [2.24, 2.45) is 29.4 Å². The normalized spacial score (nSPS) is 11.7. The summed E-state index contributed by atoms with van der Waals surface area (Å²) in [6.45, 7) is 7.88. The van der Waals surface area contributed by atoms with Crippen LogP contribution in [0.2, 0.25) is 0 Å². The number of hydrogen-bond donors (Lipinski definition) is 5. The summed E-state index contributed by atoms with van der Waals surface area (Å²) in [5.74, 6) is -10.4. The fourth-order valence-corrected chi connectivity index (χ4v) is 10.3. The van der Waals surface area contributed by atoms with Gasteiger partial charge in [0.1, 0.15) is 12.4 Å². The first-order valence-corrected chi connectivity index (χ1v) is 36.3. The molecule has 0 saturated carbocycles. The minimum absolute atomic E-state index is 0.0459. The van der Waals surface area contributed by atoms with E-state index in [2.05, 4.69) is 21.3 Å². The molecule has 1 aromatic rings. The lowest BCUT2D eigenvalue weighted by atomic mass is 9.88. The number of rotatable bonds is 48. The lowest BCUT2D eigenvalue weighted by Crippen LogP contribution is -2.49. The Morgan fingerprint density at radius 3 is 1.16 bits per heavy atom. The number of urea groups is 1. The molecular weight excluding hydrogens is 1430 g/mol. The molecule has 3 atom stereocenters. The van der Waals surface area contributed by atoms with Crippen molar-refractivity contribution < 1.29 is 95.8 Å². The summed E-state index contributed by atoms with van der Waals surface area (Å²) in [5.41, 5.74) is 6.49. The second-order valence-corrected chi connectivity index (χ2v) is 28.7. The average Bonchev–Trinajstić information content (AvgIpc) is 0.868. The number of nitrogens with zero attached hydrogens (tertiary/aromatic N) is 12. The van der Waals surface area contributed by atoms with Gasteiger partial charge in [-0.2, -0.15) is 0 Å². The van der Waals surface area contributed by atoms with Crippen LogP contribution in [0.4, 0.5) is 9.59 Å². The zero-order valence-corrected chi connectivity index (χ0v) is 67.6. The maximum atomic E-state index is 13.8. The van der Waals surface area contributed by atoms with E-state index in [9.17, 15) is 91.1 Å². The third-order valence-corrected chi connectivity index (χ3v) is 17.9. The quantitative estimate of drug-likeness (QED) is 0.0426. The van der Waals surface area contributed by atoms with Gasteiger partial charge in [0.25, 0.3) is 0 Å². The third-order valence-electron chi connectivity index (χ3n) is 17.9. The largest absolute Gasteiger partial charge is 0.445 e. The van der Waals surface area contributed by atoms with Gasteiger partial charge in [-0.1, -0.05) is 65.8 Å². The van der Waals surface area contributed by atoms with Crippen molar-refractivity contribution in [3.63, 3.8) is 0 Å². The Hall–Kier alpha value is -10.7. The molecule has 0 aromatic heterocycles. The molecule has 0 saturated heterocycles. The number of Topliss-reactive ketones (excluding diaryl/α,β-unsaturated/α-hetero) is 3. The van der Waals surface area contributed by atoms with Gasteiger partial charge < -0.3 is 90.5 Å². The number of carbonyl (C=O) groups excluding carboxylic acids is 19. The molecule has 0 bridgehead atoms. The predicted molar refractivity (Wildman–Crippen MR) is 402 cm³/mol. The number of nitrogens with two attached hydrogens (primary N) is 1. The SMILES string of the molecule is CC(C)C(=O)[C@H](C)NC(=O)CN(C)C(=O)CN(C)C(=O)CN(C)C(=O)CN(C)C(=O)CN(C)C(=O)CN(C)C(=O)CN(C)C(=O)CN(C)C(=O)CN(C)C(=O)CN(C)C(=O)CCNC(=O)CCCC(=O)C[C@H](C(=O)N[C@@H](CCCNC(N)=O)C(=O)Cc1ccc(COC(=O)N(C)CCN(C)C(=O)C(C)C)cc1)C(C)C. The highest BCUT2D eigenvalue weighted by molar-refractivity contribution is 5.96. The van der Waals surface area contributed by atoms with E-state index in [0.717, 1.165) is 49.0 Å². The van der Waals surface area contributed by atoms with E-state index in [1.807, 2.05) is 0 Å². The fraction of sp³-hybridized carbons (Fsp3) is 0.658. The third kappa shape index (κ3) is 37.0. The van der Waals surface area contributed by atoms with Gasteiger partial charge in [0.05, 0.1) is 77.5 Å². The van der Waals surface area contributed by atoms with Crippen molar-refractivity contribution in [2.75, 3.05) is 176 Å². The van der Waals surface area contributed by atoms with Gasteiger partial charge in [-0.05, 0) is 43.2 Å². The van der Waals surface area contributed by atoms with Crippen LogP contribution in [0.5, 0.6) is 0 Å². The maximum absolute atomic E-state index is 13.8. The van der Waals surface area contributed by atoms with Crippen molar-refractivity contribution in [2.45, 2.75) is 119 Å². The van der Waals surface area contributed by atoms with Crippen LogP contribution in [0.15, 0.2) is 24.3 Å². The highest BCUT2D eigenvalue weighted by Crippen LogP contribution is 2.20. The molecule has 0 aliphatic rings. The van der Waals surface area contributed by atoms with Crippen LogP contribution in [-0.2, 0) is 99.3 Å². The highest BCUT2D eigenvalue weighted by Gasteiger charge is 2.32. The molecule has 37 nitrogen and oxygen atoms in total. The van der Waals surface area contributed by atoms with E-state index in [1.165, 1.54) is 82.3 Å². The van der Waals surface area contributed by atoms with Gasteiger partial charge in [0, 0.05) is 161 Å². The fourth-order valence-electron chi connectivity index (χ4n) is 10.3. The molecule has 0 fully saturated rings. The minimum atomic E-state index is -0.994. The molecule has 1 aromatic carbocycles. The molecule has 0 spiro atoms. The van der Waals surface area contributed by atoms with Gasteiger partial charge in [0.2, 0.25) is 82.7 Å². The molecule has 1 rings (SSSR count). The zero-order chi connectivity index (χ0) is 84.1. The zero-order valence-electron chi connectivity index (χ0n) is 67.6. The van der Waals surface area contributed by atoms with Crippen LogP contribution < -0.4 is 27.0 Å². The Kier molecular flexibility index (Phi) is 43.1. The smallest absolute Gasteiger partial charge is 0.409 e. The summed E-state index contributed by atoms with van der Waals surface area (Å²) >= 11 is 0. The molecule has 6 N–H and O–H groups in total. The maximum Gasteiger partial charge on any atom is 0.409 e. The molecule has 37 heteroatoms. The number of benzene rings is 1.